The Morgan fingerprint density at radius 1 is 1.33 bits per heavy atom. The third-order valence-corrected chi connectivity index (χ3v) is 8.61. The van der Waals surface area contributed by atoms with E-state index in [-0.39, 0.29) is 16.8 Å². The third kappa shape index (κ3) is 3.26. The van der Waals surface area contributed by atoms with Gasteiger partial charge < -0.3 is 4.90 Å². The summed E-state index contributed by atoms with van der Waals surface area (Å²) >= 11 is 5.05. The molecule has 2 aliphatic heterocycles. The largest absolute Gasteiger partial charge is 0.310 e. The van der Waals surface area contributed by atoms with E-state index in [0.29, 0.717) is 31.6 Å². The zero-order chi connectivity index (χ0) is 19.2. The zero-order valence-corrected chi connectivity index (χ0v) is 18.2. The lowest BCUT2D eigenvalue weighted by atomic mass is 10.2. The van der Waals surface area contributed by atoms with Gasteiger partial charge in [-0.1, -0.05) is 28.9 Å². The number of hydrogen-bond acceptors (Lipinski definition) is 4. The number of nitrogens with zero attached hydrogens (tertiary/aromatic N) is 2. The quantitative estimate of drug-likeness (QED) is 0.670. The van der Waals surface area contributed by atoms with Crippen molar-refractivity contribution < 1.29 is 13.2 Å². The molecule has 0 N–H and O–H groups in total. The summed E-state index contributed by atoms with van der Waals surface area (Å²) in [6.45, 7) is 2.85. The highest BCUT2D eigenvalue weighted by Crippen LogP contribution is 2.43. The highest BCUT2D eigenvalue weighted by molar-refractivity contribution is 9.10. The van der Waals surface area contributed by atoms with Crippen molar-refractivity contribution in [3.05, 3.63) is 44.6 Å². The molecular formula is C19H21BrN2O3S2. The molecule has 1 atom stereocenters. The number of sulfonamides is 1. The molecule has 0 aliphatic carbocycles. The molecule has 3 heterocycles. The van der Waals surface area contributed by atoms with E-state index < -0.39 is 10.0 Å². The van der Waals surface area contributed by atoms with Crippen LogP contribution in [0.25, 0.3) is 0 Å². The molecule has 1 aromatic carbocycles. The van der Waals surface area contributed by atoms with Gasteiger partial charge in [-0.2, -0.15) is 4.31 Å². The predicted molar refractivity (Wildman–Crippen MR) is 111 cm³/mol. The van der Waals surface area contributed by atoms with Crippen LogP contribution in [0.1, 0.15) is 42.7 Å². The van der Waals surface area contributed by atoms with Gasteiger partial charge in [-0.25, -0.2) is 8.42 Å². The zero-order valence-electron chi connectivity index (χ0n) is 15.0. The second-order valence-electron chi connectivity index (χ2n) is 6.85. The van der Waals surface area contributed by atoms with Crippen LogP contribution in [0.2, 0.25) is 0 Å². The van der Waals surface area contributed by atoms with E-state index in [4.69, 9.17) is 0 Å². The topological polar surface area (TPSA) is 57.7 Å². The molecule has 5 nitrogen and oxygen atoms in total. The number of anilines is 1. The first-order chi connectivity index (χ1) is 12.9. The van der Waals surface area contributed by atoms with Crippen molar-refractivity contribution in [3.8, 4) is 0 Å². The number of amides is 1. The van der Waals surface area contributed by atoms with Crippen molar-refractivity contribution in [1.29, 1.82) is 0 Å². The van der Waals surface area contributed by atoms with Crippen molar-refractivity contribution >= 4 is 48.9 Å². The van der Waals surface area contributed by atoms with E-state index in [2.05, 4.69) is 15.9 Å². The monoisotopic (exact) mass is 468 g/mol. The standard InChI is InChI=1S/C19H21BrN2O3S2/c1-2-18(23)21-9-7-13-11-14(20)12-17(19(13)21)27(24,25)22-8-3-5-15(22)16-6-4-10-26-16/h4,6,10-12,15H,2-3,5,7-9H2,1H3. The maximum Gasteiger partial charge on any atom is 0.245 e. The maximum atomic E-state index is 13.7. The van der Waals surface area contributed by atoms with Crippen LogP contribution in [0.4, 0.5) is 5.69 Å². The Hall–Kier alpha value is -1.22. The third-order valence-electron chi connectivity index (χ3n) is 5.26. The maximum absolute atomic E-state index is 13.7. The van der Waals surface area contributed by atoms with E-state index >= 15 is 0 Å². The summed E-state index contributed by atoms with van der Waals surface area (Å²) in [5.41, 5.74) is 1.48. The number of thiophene rings is 1. The van der Waals surface area contributed by atoms with Gasteiger partial charge in [0.1, 0.15) is 4.90 Å². The minimum absolute atomic E-state index is 0.0382. The minimum Gasteiger partial charge on any atom is -0.310 e. The predicted octanol–water partition coefficient (Wildman–Crippen LogP) is 4.34. The van der Waals surface area contributed by atoms with Gasteiger partial charge in [0.25, 0.3) is 0 Å². The van der Waals surface area contributed by atoms with Gasteiger partial charge >= 0.3 is 0 Å². The summed E-state index contributed by atoms with van der Waals surface area (Å²) < 4.78 is 29.7. The lowest BCUT2D eigenvalue weighted by Crippen LogP contribution is -2.33. The Bertz CT molecular complexity index is 973. The Labute approximate surface area is 172 Å². The second-order valence-corrected chi connectivity index (χ2v) is 10.6. The number of carbonyl (C=O) groups excluding carboxylic acids is 1. The molecule has 0 spiro atoms. The fourth-order valence-corrected chi connectivity index (χ4v) is 7.56. The lowest BCUT2D eigenvalue weighted by molar-refractivity contribution is -0.118. The SMILES string of the molecule is CCC(=O)N1CCc2cc(Br)cc(S(=O)(=O)N3CCCC3c3cccs3)c21. The fraction of sp³-hybridized carbons (Fsp3) is 0.421. The normalized spacial score (nSPS) is 20.2. The first-order valence-corrected chi connectivity index (χ1v) is 12.2. The second kappa shape index (κ2) is 7.31. The van der Waals surface area contributed by atoms with E-state index in [9.17, 15) is 13.2 Å². The van der Waals surface area contributed by atoms with Gasteiger partial charge in [0, 0.05) is 28.9 Å². The molecule has 0 saturated carbocycles. The van der Waals surface area contributed by atoms with Crippen molar-refractivity contribution in [2.75, 3.05) is 18.0 Å². The van der Waals surface area contributed by atoms with Gasteiger partial charge in [-0.15, -0.1) is 11.3 Å². The molecule has 1 amide bonds. The minimum atomic E-state index is -3.72. The lowest BCUT2D eigenvalue weighted by Gasteiger charge is -2.26. The Morgan fingerprint density at radius 3 is 2.85 bits per heavy atom. The molecule has 1 aromatic heterocycles. The van der Waals surface area contributed by atoms with Crippen molar-refractivity contribution in [2.24, 2.45) is 0 Å². The number of rotatable bonds is 4. The van der Waals surface area contributed by atoms with Crippen molar-refractivity contribution in [2.45, 2.75) is 43.5 Å². The summed E-state index contributed by atoms with van der Waals surface area (Å²) in [7, 11) is -3.72. The van der Waals surface area contributed by atoms with Gasteiger partial charge in [0.2, 0.25) is 15.9 Å². The number of fused-ring (bicyclic) bond motifs is 1. The van der Waals surface area contributed by atoms with Gasteiger partial charge in [-0.05, 0) is 48.4 Å². The molecule has 0 radical (unpaired) electrons. The van der Waals surface area contributed by atoms with Crippen LogP contribution in [0.3, 0.4) is 0 Å². The molecule has 4 rings (SSSR count). The van der Waals surface area contributed by atoms with Crippen molar-refractivity contribution in [3.63, 3.8) is 0 Å². The fourth-order valence-electron chi connectivity index (χ4n) is 4.03. The van der Waals surface area contributed by atoms with Crippen molar-refractivity contribution in [1.82, 2.24) is 4.31 Å². The molecule has 1 saturated heterocycles. The summed E-state index contributed by atoms with van der Waals surface area (Å²) in [6, 6.07) is 7.42. The van der Waals surface area contributed by atoms with E-state index in [1.165, 1.54) is 0 Å². The number of carbonyl (C=O) groups is 1. The smallest absolute Gasteiger partial charge is 0.245 e. The van der Waals surface area contributed by atoms with Crippen LogP contribution in [-0.2, 0) is 21.2 Å². The van der Waals surface area contributed by atoms with E-state index in [1.54, 1.807) is 33.5 Å². The molecule has 0 bridgehead atoms. The molecule has 8 heteroatoms. The average molecular weight is 469 g/mol. The highest BCUT2D eigenvalue weighted by Gasteiger charge is 2.40. The number of hydrogen-bond donors (Lipinski definition) is 0. The van der Waals surface area contributed by atoms with Gasteiger partial charge in [-0.3, -0.25) is 4.79 Å². The molecule has 27 heavy (non-hydrogen) atoms. The van der Waals surface area contributed by atoms with Crippen LogP contribution in [0, 0.1) is 0 Å². The van der Waals surface area contributed by atoms with Crippen LogP contribution in [0.5, 0.6) is 0 Å². The van der Waals surface area contributed by atoms with Crippen LogP contribution < -0.4 is 4.90 Å². The first kappa shape index (κ1) is 19.1. The summed E-state index contributed by atoms with van der Waals surface area (Å²) in [6.07, 6.45) is 2.71. The van der Waals surface area contributed by atoms with Crippen LogP contribution in [-0.4, -0.2) is 31.7 Å². The van der Waals surface area contributed by atoms with E-state index in [1.807, 2.05) is 23.6 Å². The molecule has 1 unspecified atom stereocenters. The molecule has 1 fully saturated rings. The first-order valence-electron chi connectivity index (χ1n) is 9.11. The Kier molecular flexibility index (Phi) is 5.18. The van der Waals surface area contributed by atoms with Crippen LogP contribution >= 0.6 is 27.3 Å². The molecule has 2 aromatic rings. The molecule has 144 valence electrons. The number of benzene rings is 1. The van der Waals surface area contributed by atoms with Crippen LogP contribution in [0.15, 0.2) is 39.0 Å². The van der Waals surface area contributed by atoms with Gasteiger partial charge in [0.05, 0.1) is 11.7 Å². The molecule has 2 aliphatic rings. The summed E-state index contributed by atoms with van der Waals surface area (Å²) in [5.74, 6) is -0.0382. The summed E-state index contributed by atoms with van der Waals surface area (Å²) in [4.78, 5) is 15.4. The Morgan fingerprint density at radius 2 is 2.15 bits per heavy atom. The molecular weight excluding hydrogens is 448 g/mol. The van der Waals surface area contributed by atoms with E-state index in [0.717, 1.165) is 27.8 Å². The summed E-state index contributed by atoms with van der Waals surface area (Å²) in [5, 5.41) is 1.98. The van der Waals surface area contributed by atoms with Gasteiger partial charge in [0.15, 0.2) is 0 Å². The highest BCUT2D eigenvalue weighted by atomic mass is 79.9. The average Bonchev–Trinajstić information content (AvgIpc) is 3.38. The Balaban J connectivity index is 1.82. The number of halogens is 1.